The van der Waals surface area contributed by atoms with Gasteiger partial charge in [0.25, 0.3) is 0 Å². The van der Waals surface area contributed by atoms with Crippen molar-refractivity contribution in [2.24, 2.45) is 5.92 Å². The van der Waals surface area contributed by atoms with Gasteiger partial charge in [0.1, 0.15) is 0 Å². The van der Waals surface area contributed by atoms with Gasteiger partial charge < -0.3 is 14.2 Å². The highest BCUT2D eigenvalue weighted by atomic mass is 16.6. The van der Waals surface area contributed by atoms with Crippen molar-refractivity contribution in [1.82, 2.24) is 4.90 Å². The molecule has 2 aliphatic heterocycles. The first-order valence-electron chi connectivity index (χ1n) is 8.66. The summed E-state index contributed by atoms with van der Waals surface area (Å²) in [6, 6.07) is 0. The summed E-state index contributed by atoms with van der Waals surface area (Å²) in [4.78, 5) is 25.4. The quantitative estimate of drug-likeness (QED) is 0.577. The van der Waals surface area contributed by atoms with Gasteiger partial charge in [-0.15, -0.1) is 0 Å². The maximum atomic E-state index is 12.1. The summed E-state index contributed by atoms with van der Waals surface area (Å²) in [5.74, 6) is 0.00173. The lowest BCUT2D eigenvalue weighted by atomic mass is 9.71. The van der Waals surface area contributed by atoms with Gasteiger partial charge in [0.15, 0.2) is 18.1 Å². The van der Waals surface area contributed by atoms with Crippen molar-refractivity contribution in [1.29, 1.82) is 0 Å². The Balaban J connectivity index is 1.87. The van der Waals surface area contributed by atoms with E-state index in [0.29, 0.717) is 5.92 Å². The van der Waals surface area contributed by atoms with E-state index in [1.54, 1.807) is 13.2 Å². The molecule has 6 nitrogen and oxygen atoms in total. The molecule has 2 heterocycles. The van der Waals surface area contributed by atoms with Crippen LogP contribution in [0.4, 0.5) is 0 Å². The van der Waals surface area contributed by atoms with E-state index in [1.807, 2.05) is 0 Å². The lowest BCUT2D eigenvalue weighted by Gasteiger charge is -2.59. The van der Waals surface area contributed by atoms with E-state index in [0.717, 1.165) is 19.3 Å². The van der Waals surface area contributed by atoms with Crippen LogP contribution in [-0.4, -0.2) is 60.4 Å². The molecule has 0 unspecified atom stereocenters. The molecule has 1 saturated carbocycles. The van der Waals surface area contributed by atoms with Gasteiger partial charge in [0.05, 0.1) is 18.8 Å². The molecule has 0 aromatic carbocycles. The number of hydrogen-bond donors (Lipinski definition) is 0. The highest BCUT2D eigenvalue weighted by Crippen LogP contribution is 2.45. The topological polar surface area (TPSA) is 65.1 Å². The summed E-state index contributed by atoms with van der Waals surface area (Å²) in [5, 5.41) is 0. The molecule has 0 aromatic heterocycles. The fraction of sp³-hybridized carbons (Fsp3) is 0.778. The van der Waals surface area contributed by atoms with Crippen molar-refractivity contribution in [3.05, 3.63) is 12.2 Å². The maximum absolute atomic E-state index is 12.1. The van der Waals surface area contributed by atoms with Crippen molar-refractivity contribution in [2.75, 3.05) is 13.7 Å². The Labute approximate surface area is 143 Å². The number of ketones is 1. The number of carbonyl (C=O) groups is 2. The number of cyclic esters (lactones) is 1. The van der Waals surface area contributed by atoms with Crippen molar-refractivity contribution in [3.8, 4) is 0 Å². The molecular weight excluding hydrogens is 310 g/mol. The second kappa shape index (κ2) is 6.58. The van der Waals surface area contributed by atoms with E-state index in [1.165, 1.54) is 13.0 Å². The number of fused-ring (bicyclic) bond motifs is 2. The van der Waals surface area contributed by atoms with Crippen LogP contribution in [-0.2, 0) is 23.8 Å². The van der Waals surface area contributed by atoms with Crippen LogP contribution in [0.3, 0.4) is 0 Å². The number of hydrogen-bond acceptors (Lipinski definition) is 6. The molecule has 0 spiro atoms. The minimum atomic E-state index is -0.557. The van der Waals surface area contributed by atoms with Gasteiger partial charge in [0.2, 0.25) is 0 Å². The molecule has 24 heavy (non-hydrogen) atoms. The van der Waals surface area contributed by atoms with Crippen LogP contribution in [0.1, 0.15) is 40.0 Å². The Bertz CT molecular complexity index is 544. The summed E-state index contributed by atoms with van der Waals surface area (Å²) < 4.78 is 17.3. The van der Waals surface area contributed by atoms with E-state index in [9.17, 15) is 9.59 Å². The average molecular weight is 337 g/mol. The highest BCUT2D eigenvalue weighted by molar-refractivity contribution is 5.87. The molecular formula is C18H27NO5. The average Bonchev–Trinajstić information content (AvgIpc) is 2.53. The molecule has 3 aliphatic rings. The number of carbonyl (C=O) groups excluding carboxylic acids is 2. The van der Waals surface area contributed by atoms with Crippen LogP contribution in [0, 0.1) is 5.92 Å². The number of esters is 1. The third-order valence-corrected chi connectivity index (χ3v) is 5.71. The maximum Gasteiger partial charge on any atom is 0.320 e. The van der Waals surface area contributed by atoms with E-state index in [2.05, 4.69) is 18.7 Å². The predicted octanol–water partition coefficient (Wildman–Crippen LogP) is 1.68. The minimum absolute atomic E-state index is 0.0741. The lowest BCUT2D eigenvalue weighted by Crippen LogP contribution is -2.70. The van der Waals surface area contributed by atoms with Crippen LogP contribution in [0.5, 0.6) is 0 Å². The Kier molecular flexibility index (Phi) is 4.82. The third-order valence-electron chi connectivity index (χ3n) is 5.71. The monoisotopic (exact) mass is 337 g/mol. The van der Waals surface area contributed by atoms with Gasteiger partial charge >= 0.3 is 5.97 Å². The van der Waals surface area contributed by atoms with Gasteiger partial charge in [-0.2, -0.15) is 0 Å². The third kappa shape index (κ3) is 3.15. The second-order valence-electron chi connectivity index (χ2n) is 7.55. The molecule has 2 saturated heterocycles. The number of morpholine rings is 1. The summed E-state index contributed by atoms with van der Waals surface area (Å²) in [5.41, 5.74) is -0.173. The molecule has 5 atom stereocenters. The summed E-state index contributed by atoms with van der Waals surface area (Å²) in [6.45, 7) is 6.05. The molecule has 0 aromatic rings. The van der Waals surface area contributed by atoms with Crippen LogP contribution in [0.15, 0.2) is 12.2 Å². The first-order valence-corrected chi connectivity index (χ1v) is 8.66. The fourth-order valence-electron chi connectivity index (χ4n) is 4.36. The molecule has 0 bridgehead atoms. The zero-order chi connectivity index (χ0) is 17.5. The first-order chi connectivity index (χ1) is 11.3. The SMILES string of the molecule is CO[C@@H]1CC[C@@H]2[C@@H](C1)O[C@H]1[C@H](/C=C/C(C)=O)OC(=O)CN1C2(C)C. The molecule has 3 fully saturated rings. The summed E-state index contributed by atoms with van der Waals surface area (Å²) >= 11 is 0. The van der Waals surface area contributed by atoms with Crippen molar-refractivity contribution in [2.45, 2.75) is 70.1 Å². The molecule has 0 radical (unpaired) electrons. The zero-order valence-electron chi connectivity index (χ0n) is 14.9. The van der Waals surface area contributed by atoms with E-state index < -0.39 is 6.10 Å². The van der Waals surface area contributed by atoms with Crippen LogP contribution in [0.25, 0.3) is 0 Å². The molecule has 1 aliphatic carbocycles. The summed E-state index contributed by atoms with van der Waals surface area (Å²) in [7, 11) is 1.74. The number of rotatable bonds is 3. The van der Waals surface area contributed by atoms with Crippen molar-refractivity contribution in [3.63, 3.8) is 0 Å². The number of nitrogens with zero attached hydrogens (tertiary/aromatic N) is 1. The van der Waals surface area contributed by atoms with Gasteiger partial charge in [-0.25, -0.2) is 0 Å². The smallest absolute Gasteiger partial charge is 0.320 e. The van der Waals surface area contributed by atoms with Gasteiger partial charge in [-0.1, -0.05) is 0 Å². The number of methoxy groups -OCH3 is 1. The van der Waals surface area contributed by atoms with Gasteiger partial charge in [0, 0.05) is 25.0 Å². The molecule has 3 rings (SSSR count). The fourth-order valence-corrected chi connectivity index (χ4v) is 4.36. The first kappa shape index (κ1) is 17.6. The van der Waals surface area contributed by atoms with Crippen molar-refractivity contribution < 1.29 is 23.8 Å². The Morgan fingerprint density at radius 2 is 2.12 bits per heavy atom. The zero-order valence-corrected chi connectivity index (χ0v) is 14.9. The lowest BCUT2D eigenvalue weighted by molar-refractivity contribution is -0.276. The molecule has 6 heteroatoms. The number of allylic oxidation sites excluding steroid dienone is 1. The molecule has 0 N–H and O–H groups in total. The number of ether oxygens (including phenoxy) is 3. The summed E-state index contributed by atoms with van der Waals surface area (Å²) in [6.07, 6.45) is 5.35. The van der Waals surface area contributed by atoms with E-state index >= 15 is 0 Å². The van der Waals surface area contributed by atoms with Crippen LogP contribution in [0.2, 0.25) is 0 Å². The standard InChI is InChI=1S/C18H27NO5/c1-11(20)5-8-14-17-19(10-16(21)23-14)18(2,3)13-7-6-12(22-4)9-15(13)24-17/h5,8,12-15,17H,6-7,9-10H2,1-4H3/b8-5+/t12-,13-,14+,15-,17+/m1/s1. The minimum Gasteiger partial charge on any atom is -0.453 e. The highest BCUT2D eigenvalue weighted by Gasteiger charge is 2.55. The largest absolute Gasteiger partial charge is 0.453 e. The van der Waals surface area contributed by atoms with E-state index in [4.69, 9.17) is 14.2 Å². The van der Waals surface area contributed by atoms with Crippen molar-refractivity contribution >= 4 is 11.8 Å². The Hall–Kier alpha value is -1.24. The normalized spacial score (nSPS) is 39.2. The van der Waals surface area contributed by atoms with E-state index in [-0.39, 0.29) is 42.3 Å². The van der Waals surface area contributed by atoms with Crippen LogP contribution >= 0.6 is 0 Å². The molecule has 0 amide bonds. The van der Waals surface area contributed by atoms with Gasteiger partial charge in [-0.05, 0) is 45.8 Å². The Morgan fingerprint density at radius 1 is 1.38 bits per heavy atom. The second-order valence-corrected chi connectivity index (χ2v) is 7.55. The van der Waals surface area contributed by atoms with Crippen LogP contribution < -0.4 is 0 Å². The predicted molar refractivity (Wildman–Crippen MR) is 87.3 cm³/mol. The molecule has 134 valence electrons. The Morgan fingerprint density at radius 3 is 2.79 bits per heavy atom. The van der Waals surface area contributed by atoms with Gasteiger partial charge in [-0.3, -0.25) is 14.5 Å².